The Hall–Kier alpha value is -5.54. The van der Waals surface area contributed by atoms with E-state index in [1.54, 1.807) is 30.1 Å². The molecular formula is C37H36N10O6S4. The summed E-state index contributed by atoms with van der Waals surface area (Å²) in [6, 6.07) is 19.5. The molecule has 0 aliphatic carbocycles. The van der Waals surface area contributed by atoms with Gasteiger partial charge in [0, 0.05) is 53.0 Å². The van der Waals surface area contributed by atoms with Crippen molar-refractivity contribution in [2.75, 3.05) is 48.5 Å². The number of carbonyl (C=O) groups is 2. The summed E-state index contributed by atoms with van der Waals surface area (Å²) in [5, 5.41) is 20.5. The Labute approximate surface area is 340 Å². The van der Waals surface area contributed by atoms with Crippen LogP contribution < -0.4 is 20.3 Å². The van der Waals surface area contributed by atoms with E-state index in [-0.39, 0.29) is 23.5 Å². The number of benzene rings is 2. The summed E-state index contributed by atoms with van der Waals surface area (Å²) < 4.78 is 28.8. The van der Waals surface area contributed by atoms with E-state index in [1.807, 2.05) is 77.1 Å². The van der Waals surface area contributed by atoms with Crippen LogP contribution in [-0.4, -0.2) is 89.0 Å². The lowest BCUT2D eigenvalue weighted by molar-refractivity contribution is -0.384. The van der Waals surface area contributed by atoms with Crippen molar-refractivity contribution in [3.05, 3.63) is 117 Å². The topological polar surface area (TPSA) is 206 Å². The van der Waals surface area contributed by atoms with Crippen molar-refractivity contribution in [1.29, 1.82) is 0 Å². The molecular weight excluding hydrogens is 809 g/mol. The zero-order chi connectivity index (χ0) is 40.1. The summed E-state index contributed by atoms with van der Waals surface area (Å²) in [6.45, 7) is 1.57. The molecule has 3 N–H and O–H groups in total. The second kappa shape index (κ2) is 17.3. The van der Waals surface area contributed by atoms with Gasteiger partial charge in [-0.1, -0.05) is 41.7 Å². The maximum absolute atomic E-state index is 13.4. The lowest BCUT2D eigenvalue weighted by atomic mass is 9.94. The predicted octanol–water partition coefficient (Wildman–Crippen LogP) is 5.91. The molecule has 2 aromatic carbocycles. The summed E-state index contributed by atoms with van der Waals surface area (Å²) >= 11 is 4.02. The summed E-state index contributed by atoms with van der Waals surface area (Å²) in [7, 11) is -0.731. The minimum atomic E-state index is -4.59. The van der Waals surface area contributed by atoms with Crippen LogP contribution in [0.15, 0.2) is 94.3 Å². The molecule has 16 nitrogen and oxygen atoms in total. The highest BCUT2D eigenvalue weighted by Gasteiger charge is 2.29. The van der Waals surface area contributed by atoms with Gasteiger partial charge in [-0.25, -0.2) is 33.1 Å². The van der Waals surface area contributed by atoms with Gasteiger partial charge in [0.05, 0.1) is 11.1 Å². The SMILES string of the molecule is CN(C)CC[C@H](CSc1ccccc1)Nc1ncc(S(=O)(=O)NC(=O)c2csc(N3CCc4cccc(C(=O)Nc5nc6cccnc6s5)c4C3)n2)cc1[N+](=O)[O-]. The second-order valence-electron chi connectivity index (χ2n) is 13.2. The van der Waals surface area contributed by atoms with Crippen molar-refractivity contribution >= 4 is 88.4 Å². The first-order chi connectivity index (χ1) is 27.4. The number of nitrogens with zero attached hydrogens (tertiary/aromatic N) is 7. The average molecular weight is 845 g/mol. The summed E-state index contributed by atoms with van der Waals surface area (Å²) in [4.78, 5) is 60.6. The molecule has 1 atom stereocenters. The molecule has 7 rings (SSSR count). The molecule has 0 unspecified atom stereocenters. The summed E-state index contributed by atoms with van der Waals surface area (Å²) in [6.07, 6.45) is 3.90. The molecule has 0 saturated heterocycles. The van der Waals surface area contributed by atoms with E-state index < -0.39 is 31.4 Å². The Morgan fingerprint density at radius 3 is 2.65 bits per heavy atom. The number of hydrogen-bond acceptors (Lipinski definition) is 16. The average Bonchev–Trinajstić information content (AvgIpc) is 3.86. The first kappa shape index (κ1) is 39.7. The molecule has 0 radical (unpaired) electrons. The van der Waals surface area contributed by atoms with Gasteiger partial charge in [-0.15, -0.1) is 23.1 Å². The van der Waals surface area contributed by atoms with E-state index in [9.17, 15) is 28.1 Å². The third-order valence-electron chi connectivity index (χ3n) is 8.94. The monoisotopic (exact) mass is 844 g/mol. The van der Waals surface area contributed by atoms with E-state index in [4.69, 9.17) is 0 Å². The van der Waals surface area contributed by atoms with Gasteiger partial charge in [-0.05, 0) is 74.9 Å². The number of nitro groups is 1. The van der Waals surface area contributed by atoms with Crippen LogP contribution in [0.4, 0.5) is 21.8 Å². The molecule has 0 saturated carbocycles. The van der Waals surface area contributed by atoms with Crippen molar-refractivity contribution in [2.45, 2.75) is 35.2 Å². The van der Waals surface area contributed by atoms with Crippen molar-refractivity contribution in [3.8, 4) is 0 Å². The number of aromatic nitrogens is 4. The van der Waals surface area contributed by atoms with Crippen LogP contribution in [-0.2, 0) is 23.0 Å². The van der Waals surface area contributed by atoms with Crippen LogP contribution >= 0.6 is 34.4 Å². The van der Waals surface area contributed by atoms with Crippen molar-refractivity contribution < 1.29 is 22.9 Å². The van der Waals surface area contributed by atoms with Gasteiger partial charge < -0.3 is 15.1 Å². The van der Waals surface area contributed by atoms with Crippen LogP contribution in [0.5, 0.6) is 0 Å². The number of amides is 2. The Kier molecular flexibility index (Phi) is 12.0. The van der Waals surface area contributed by atoms with Crippen LogP contribution in [0, 0.1) is 10.1 Å². The number of pyridine rings is 2. The first-order valence-electron chi connectivity index (χ1n) is 17.6. The Bertz CT molecular complexity index is 2520. The largest absolute Gasteiger partial charge is 0.361 e. The molecule has 57 heavy (non-hydrogen) atoms. The normalized spacial score (nSPS) is 13.3. The van der Waals surface area contributed by atoms with Gasteiger partial charge >= 0.3 is 5.69 Å². The van der Waals surface area contributed by atoms with Gasteiger partial charge in [0.1, 0.15) is 20.9 Å². The minimum absolute atomic E-state index is 0.0790. The second-order valence-corrected chi connectivity index (χ2v) is 17.8. The summed E-state index contributed by atoms with van der Waals surface area (Å²) in [5.41, 5.74) is 2.27. The molecule has 0 bridgehead atoms. The van der Waals surface area contributed by atoms with E-state index in [2.05, 4.69) is 30.6 Å². The van der Waals surface area contributed by atoms with Gasteiger partial charge in [0.25, 0.3) is 21.8 Å². The van der Waals surface area contributed by atoms with Crippen molar-refractivity contribution in [1.82, 2.24) is 29.6 Å². The number of thiazole rings is 2. The number of rotatable bonds is 15. The van der Waals surface area contributed by atoms with Crippen LogP contribution in [0.1, 0.15) is 38.4 Å². The van der Waals surface area contributed by atoms with Gasteiger partial charge in [0.2, 0.25) is 5.82 Å². The fraction of sp³-hybridized carbons (Fsp3) is 0.243. The van der Waals surface area contributed by atoms with Gasteiger partial charge in [-0.2, -0.15) is 0 Å². The highest BCUT2D eigenvalue weighted by atomic mass is 32.2. The van der Waals surface area contributed by atoms with Gasteiger partial charge in [-0.3, -0.25) is 25.0 Å². The van der Waals surface area contributed by atoms with E-state index in [1.165, 1.54) is 16.7 Å². The standard InChI is InChI=1S/C37H36N10O6S4/c1-45(2)16-14-24(21-54-25-9-4-3-5-10-25)40-32-31(47(50)51)18-26(19-39-32)57(52,53)44-34(49)30-22-55-37(42-30)46-17-13-23-8-6-11-27(28(23)20-46)33(48)43-36-41-29-12-7-15-38-35(29)56-36/h3-12,15,18-19,22,24H,13-14,16-17,20-21H2,1-2H3,(H,39,40)(H,44,49)(H,41,43,48)/t24-/m1/s1. The fourth-order valence-electron chi connectivity index (χ4n) is 6.04. The maximum atomic E-state index is 13.4. The number of anilines is 3. The summed E-state index contributed by atoms with van der Waals surface area (Å²) in [5.74, 6) is -0.829. The number of hydrogen-bond donors (Lipinski definition) is 3. The third-order valence-corrected chi connectivity index (χ3v) is 13.2. The molecule has 6 aromatic rings. The minimum Gasteiger partial charge on any atom is -0.361 e. The highest BCUT2D eigenvalue weighted by molar-refractivity contribution is 7.99. The molecule has 20 heteroatoms. The van der Waals surface area contributed by atoms with Crippen LogP contribution in [0.25, 0.3) is 10.3 Å². The first-order valence-corrected chi connectivity index (χ1v) is 21.7. The lowest BCUT2D eigenvalue weighted by Gasteiger charge is -2.29. The molecule has 4 aromatic heterocycles. The zero-order valence-electron chi connectivity index (χ0n) is 30.6. The number of fused-ring (bicyclic) bond motifs is 2. The molecule has 294 valence electrons. The lowest BCUT2D eigenvalue weighted by Crippen LogP contribution is -2.33. The van der Waals surface area contributed by atoms with Crippen LogP contribution in [0.2, 0.25) is 0 Å². The molecule has 0 fully saturated rings. The highest BCUT2D eigenvalue weighted by Crippen LogP contribution is 2.32. The maximum Gasteiger partial charge on any atom is 0.312 e. The number of sulfonamides is 1. The quantitative estimate of drug-likeness (QED) is 0.0625. The van der Waals surface area contributed by atoms with E-state index in [0.717, 1.165) is 39.6 Å². The number of nitrogens with one attached hydrogen (secondary N) is 3. The van der Waals surface area contributed by atoms with Crippen molar-refractivity contribution in [3.63, 3.8) is 0 Å². The predicted molar refractivity (Wildman–Crippen MR) is 222 cm³/mol. The fourth-order valence-corrected chi connectivity index (χ4v) is 9.60. The molecule has 2 amide bonds. The number of thioether (sulfide) groups is 1. The Balaban J connectivity index is 1.02. The Morgan fingerprint density at radius 2 is 1.88 bits per heavy atom. The van der Waals surface area contributed by atoms with Crippen LogP contribution in [0.3, 0.4) is 0 Å². The smallest absolute Gasteiger partial charge is 0.312 e. The van der Waals surface area contributed by atoms with E-state index in [0.29, 0.717) is 64.4 Å². The third kappa shape index (κ3) is 9.54. The molecule has 0 spiro atoms. The molecule has 5 heterocycles. The van der Waals surface area contributed by atoms with Crippen molar-refractivity contribution in [2.24, 2.45) is 0 Å². The molecule has 1 aliphatic rings. The Morgan fingerprint density at radius 1 is 1.05 bits per heavy atom. The van der Waals surface area contributed by atoms with Gasteiger partial charge in [0.15, 0.2) is 10.3 Å². The molecule has 1 aliphatic heterocycles. The van der Waals surface area contributed by atoms with E-state index >= 15 is 0 Å². The zero-order valence-corrected chi connectivity index (χ0v) is 33.9. The number of carbonyl (C=O) groups excluding carboxylic acids is 2.